The van der Waals surface area contributed by atoms with E-state index in [-0.39, 0.29) is 30.6 Å². The minimum atomic E-state index is -0.215. The highest BCUT2D eigenvalue weighted by atomic mass is 32.1. The van der Waals surface area contributed by atoms with Crippen LogP contribution in [-0.4, -0.2) is 61.4 Å². The van der Waals surface area contributed by atoms with Gasteiger partial charge in [-0.2, -0.15) is 0 Å². The molecule has 0 aliphatic carbocycles. The van der Waals surface area contributed by atoms with E-state index >= 15 is 0 Å². The molecule has 3 rings (SSSR count). The van der Waals surface area contributed by atoms with Crippen molar-refractivity contribution in [2.45, 2.75) is 25.8 Å². The van der Waals surface area contributed by atoms with E-state index in [1.165, 1.54) is 22.3 Å². The standard InChI is InChI=1S/C24H28N4O3S/c1-25-15-19-18-13-14-28(23(31)12-11-22(30)27(2)3)16-20(18)32-24(19)26-21(29)10-9-17-7-5-4-6-8-17/h4-10,15H,11-14,16H2,1-3H3,(H,26,29)/b10-9+,25-15?. The van der Waals surface area contributed by atoms with Crippen LogP contribution in [0.5, 0.6) is 0 Å². The Kier molecular flexibility index (Phi) is 7.94. The van der Waals surface area contributed by atoms with Crippen molar-refractivity contribution in [3.05, 3.63) is 58.0 Å². The van der Waals surface area contributed by atoms with Gasteiger partial charge in [0, 0.05) is 63.3 Å². The molecular weight excluding hydrogens is 424 g/mol. The van der Waals surface area contributed by atoms with Gasteiger partial charge >= 0.3 is 0 Å². The zero-order valence-corrected chi connectivity index (χ0v) is 19.4. The summed E-state index contributed by atoms with van der Waals surface area (Å²) < 4.78 is 0. The molecule has 1 N–H and O–H groups in total. The molecule has 0 fully saturated rings. The molecule has 7 nitrogen and oxygen atoms in total. The number of hydrogen-bond donors (Lipinski definition) is 1. The molecule has 168 valence electrons. The first kappa shape index (κ1) is 23.4. The Hall–Kier alpha value is -3.26. The largest absolute Gasteiger partial charge is 0.349 e. The molecule has 0 atom stereocenters. The van der Waals surface area contributed by atoms with E-state index in [1.807, 2.05) is 30.3 Å². The number of hydrogen-bond acceptors (Lipinski definition) is 5. The fourth-order valence-electron chi connectivity index (χ4n) is 3.48. The zero-order chi connectivity index (χ0) is 23.1. The van der Waals surface area contributed by atoms with Gasteiger partial charge in [-0.25, -0.2) is 0 Å². The molecule has 0 unspecified atom stereocenters. The second kappa shape index (κ2) is 10.9. The summed E-state index contributed by atoms with van der Waals surface area (Å²) >= 11 is 1.48. The summed E-state index contributed by atoms with van der Waals surface area (Å²) in [5.41, 5.74) is 2.98. The first-order chi connectivity index (χ1) is 15.4. The van der Waals surface area contributed by atoms with Gasteiger partial charge in [-0.05, 0) is 23.6 Å². The molecule has 0 radical (unpaired) electrons. The summed E-state index contributed by atoms with van der Waals surface area (Å²) in [5.74, 6) is -0.295. The van der Waals surface area contributed by atoms with Crippen molar-refractivity contribution in [1.29, 1.82) is 0 Å². The fourth-order valence-corrected chi connectivity index (χ4v) is 4.72. The third kappa shape index (κ3) is 5.91. The van der Waals surface area contributed by atoms with E-state index in [2.05, 4.69) is 10.3 Å². The second-order valence-electron chi connectivity index (χ2n) is 7.72. The van der Waals surface area contributed by atoms with Crippen molar-refractivity contribution < 1.29 is 14.4 Å². The van der Waals surface area contributed by atoms with Gasteiger partial charge in [0.2, 0.25) is 17.7 Å². The number of anilines is 1. The summed E-state index contributed by atoms with van der Waals surface area (Å²) in [6.45, 7) is 1.07. The van der Waals surface area contributed by atoms with Gasteiger partial charge in [0.15, 0.2) is 0 Å². The third-order valence-corrected chi connectivity index (χ3v) is 6.37. The van der Waals surface area contributed by atoms with E-state index in [0.29, 0.717) is 19.5 Å². The Morgan fingerprint density at radius 1 is 1.19 bits per heavy atom. The molecule has 8 heteroatoms. The first-order valence-electron chi connectivity index (χ1n) is 10.5. The van der Waals surface area contributed by atoms with E-state index in [4.69, 9.17) is 0 Å². The lowest BCUT2D eigenvalue weighted by molar-refractivity contribution is -0.136. The lowest BCUT2D eigenvalue weighted by atomic mass is 10.0. The average Bonchev–Trinajstić information content (AvgIpc) is 3.12. The summed E-state index contributed by atoms with van der Waals surface area (Å²) in [6, 6.07) is 9.63. The number of amides is 3. The van der Waals surface area contributed by atoms with Crippen LogP contribution in [-0.2, 0) is 27.3 Å². The van der Waals surface area contributed by atoms with Gasteiger partial charge in [-0.15, -0.1) is 11.3 Å². The third-order valence-electron chi connectivity index (χ3n) is 5.22. The number of thiophene rings is 1. The summed E-state index contributed by atoms with van der Waals surface area (Å²) in [5, 5.41) is 3.70. The zero-order valence-electron chi connectivity index (χ0n) is 18.6. The number of nitrogens with one attached hydrogen (secondary N) is 1. The maximum absolute atomic E-state index is 12.6. The smallest absolute Gasteiger partial charge is 0.249 e. The highest BCUT2D eigenvalue weighted by Gasteiger charge is 2.27. The van der Waals surface area contributed by atoms with E-state index in [0.717, 1.165) is 26.6 Å². The van der Waals surface area contributed by atoms with Gasteiger partial charge in [0.05, 0.1) is 6.54 Å². The number of rotatable bonds is 7. The Morgan fingerprint density at radius 3 is 2.62 bits per heavy atom. The molecule has 0 bridgehead atoms. The van der Waals surface area contributed by atoms with Gasteiger partial charge in [-0.1, -0.05) is 30.3 Å². The molecule has 0 saturated carbocycles. The average molecular weight is 453 g/mol. The summed E-state index contributed by atoms with van der Waals surface area (Å²) in [6.07, 6.45) is 6.15. The number of carbonyl (C=O) groups excluding carboxylic acids is 3. The van der Waals surface area contributed by atoms with Crippen LogP contribution >= 0.6 is 11.3 Å². The number of aliphatic imine (C=N–C) groups is 1. The lowest BCUT2D eigenvalue weighted by Gasteiger charge is -2.27. The molecule has 2 aromatic rings. The molecular formula is C24H28N4O3S. The summed E-state index contributed by atoms with van der Waals surface area (Å²) in [4.78, 5) is 45.4. The number of nitrogens with zero attached hydrogens (tertiary/aromatic N) is 3. The highest BCUT2D eigenvalue weighted by Crippen LogP contribution is 2.36. The molecule has 2 heterocycles. The van der Waals surface area contributed by atoms with Crippen molar-refractivity contribution in [3.8, 4) is 0 Å². The molecule has 1 aromatic heterocycles. The SMILES string of the molecule is CN=Cc1c(NC(=O)/C=C/c2ccccc2)sc2c1CCN(C(=O)CCC(=O)N(C)C)C2. The molecule has 1 aromatic carbocycles. The van der Waals surface area contributed by atoms with E-state index in [1.54, 1.807) is 38.3 Å². The minimum Gasteiger partial charge on any atom is -0.349 e. The maximum atomic E-state index is 12.6. The quantitative estimate of drug-likeness (QED) is 0.517. The Labute approximate surface area is 192 Å². The predicted molar refractivity (Wildman–Crippen MR) is 129 cm³/mol. The van der Waals surface area contributed by atoms with Crippen LogP contribution < -0.4 is 5.32 Å². The molecule has 0 saturated heterocycles. The van der Waals surface area contributed by atoms with E-state index < -0.39 is 0 Å². The van der Waals surface area contributed by atoms with Crippen LogP contribution in [0.1, 0.15) is 34.4 Å². The molecule has 1 aliphatic heterocycles. The lowest BCUT2D eigenvalue weighted by Crippen LogP contribution is -2.36. The van der Waals surface area contributed by atoms with Crippen LogP contribution in [0.3, 0.4) is 0 Å². The predicted octanol–water partition coefficient (Wildman–Crippen LogP) is 3.20. The van der Waals surface area contributed by atoms with Crippen LogP contribution in [0.4, 0.5) is 5.00 Å². The first-order valence-corrected chi connectivity index (χ1v) is 11.3. The Morgan fingerprint density at radius 2 is 1.94 bits per heavy atom. The van der Waals surface area contributed by atoms with Crippen LogP contribution in [0.25, 0.3) is 6.08 Å². The molecule has 3 amide bonds. The van der Waals surface area contributed by atoms with Crippen LogP contribution in [0, 0.1) is 0 Å². The maximum Gasteiger partial charge on any atom is 0.249 e. The van der Waals surface area contributed by atoms with Gasteiger partial charge < -0.3 is 15.1 Å². The fraction of sp³-hybridized carbons (Fsp3) is 0.333. The van der Waals surface area contributed by atoms with Gasteiger partial charge in [-0.3, -0.25) is 19.4 Å². The van der Waals surface area contributed by atoms with Crippen molar-refractivity contribution in [1.82, 2.24) is 9.80 Å². The van der Waals surface area contributed by atoms with Gasteiger partial charge in [0.25, 0.3) is 0 Å². The minimum absolute atomic E-state index is 0.0265. The molecule has 1 aliphatic rings. The number of fused-ring (bicyclic) bond motifs is 1. The van der Waals surface area contributed by atoms with Gasteiger partial charge in [0.1, 0.15) is 5.00 Å². The molecule has 0 spiro atoms. The number of benzene rings is 1. The molecule has 32 heavy (non-hydrogen) atoms. The van der Waals surface area contributed by atoms with Crippen LogP contribution in [0.2, 0.25) is 0 Å². The number of carbonyl (C=O) groups is 3. The second-order valence-corrected chi connectivity index (χ2v) is 8.83. The highest BCUT2D eigenvalue weighted by molar-refractivity contribution is 7.17. The normalized spacial score (nSPS) is 13.4. The van der Waals surface area contributed by atoms with Crippen molar-refractivity contribution >= 4 is 46.4 Å². The van der Waals surface area contributed by atoms with E-state index in [9.17, 15) is 14.4 Å². The van der Waals surface area contributed by atoms with Crippen molar-refractivity contribution in [3.63, 3.8) is 0 Å². The van der Waals surface area contributed by atoms with Crippen molar-refractivity contribution in [2.24, 2.45) is 4.99 Å². The summed E-state index contributed by atoms with van der Waals surface area (Å²) in [7, 11) is 5.08. The topological polar surface area (TPSA) is 82.1 Å². The monoisotopic (exact) mass is 452 g/mol. The Balaban J connectivity index is 1.70. The Bertz CT molecular complexity index is 1040. The van der Waals surface area contributed by atoms with Crippen molar-refractivity contribution in [2.75, 3.05) is 33.0 Å². The van der Waals surface area contributed by atoms with Crippen LogP contribution in [0.15, 0.2) is 41.4 Å².